The molecule has 0 aromatic heterocycles. The molecule has 1 fully saturated rings. The first-order valence-electron chi connectivity index (χ1n) is 7.94. The Bertz CT molecular complexity index is 334. The highest BCUT2D eigenvalue weighted by Crippen LogP contribution is 2.23. The monoisotopic (exact) mass is 282 g/mol. The van der Waals surface area contributed by atoms with Gasteiger partial charge < -0.3 is 10.2 Å². The molecule has 1 N–H and O–H groups in total. The molecule has 1 atom stereocenters. The van der Waals surface area contributed by atoms with Crippen LogP contribution in [0, 0.1) is 5.41 Å². The van der Waals surface area contributed by atoms with E-state index < -0.39 is 6.04 Å². The molecule has 1 heterocycles. The molecule has 0 bridgehead atoms. The number of carbonyl (C=O) groups excluding carboxylic acids is 2. The molecule has 1 aliphatic heterocycles. The van der Waals surface area contributed by atoms with Gasteiger partial charge in [0.15, 0.2) is 0 Å². The summed E-state index contributed by atoms with van der Waals surface area (Å²) in [6, 6.07) is -0.395. The summed E-state index contributed by atoms with van der Waals surface area (Å²) in [6.07, 6.45) is 6.35. The molecular formula is C16H30N2O2. The van der Waals surface area contributed by atoms with Crippen LogP contribution in [-0.2, 0) is 9.59 Å². The molecule has 1 saturated heterocycles. The Balaban J connectivity index is 2.56. The molecule has 0 radical (unpaired) electrons. The zero-order valence-electron chi connectivity index (χ0n) is 13.5. The minimum absolute atomic E-state index is 0.00763. The van der Waals surface area contributed by atoms with E-state index in [9.17, 15) is 9.59 Å². The third-order valence-corrected chi connectivity index (χ3v) is 3.87. The van der Waals surface area contributed by atoms with Crippen molar-refractivity contribution in [3.8, 4) is 0 Å². The van der Waals surface area contributed by atoms with E-state index in [2.05, 4.69) is 12.2 Å². The van der Waals surface area contributed by atoms with Crippen molar-refractivity contribution in [2.24, 2.45) is 5.41 Å². The van der Waals surface area contributed by atoms with Crippen molar-refractivity contribution in [2.75, 3.05) is 13.1 Å². The van der Waals surface area contributed by atoms with Gasteiger partial charge in [0, 0.05) is 19.5 Å². The zero-order valence-corrected chi connectivity index (χ0v) is 13.5. The van der Waals surface area contributed by atoms with Gasteiger partial charge in [-0.15, -0.1) is 0 Å². The van der Waals surface area contributed by atoms with Crippen LogP contribution in [0.25, 0.3) is 0 Å². The Morgan fingerprint density at radius 2 is 1.80 bits per heavy atom. The lowest BCUT2D eigenvalue weighted by Crippen LogP contribution is -2.52. The molecule has 0 saturated carbocycles. The Labute approximate surface area is 123 Å². The van der Waals surface area contributed by atoms with E-state index in [1.54, 1.807) is 0 Å². The van der Waals surface area contributed by atoms with Crippen LogP contribution in [0.1, 0.15) is 66.2 Å². The first kappa shape index (κ1) is 17.0. The van der Waals surface area contributed by atoms with Crippen LogP contribution in [0.3, 0.4) is 0 Å². The Hall–Kier alpha value is -1.06. The number of unbranched alkanes of at least 4 members (excludes halogenated alkanes) is 4. The van der Waals surface area contributed by atoms with E-state index in [-0.39, 0.29) is 17.2 Å². The molecular weight excluding hydrogens is 252 g/mol. The lowest BCUT2D eigenvalue weighted by Gasteiger charge is -2.32. The van der Waals surface area contributed by atoms with E-state index in [4.69, 9.17) is 0 Å². The van der Waals surface area contributed by atoms with Gasteiger partial charge in [0.05, 0.1) is 0 Å². The first-order chi connectivity index (χ1) is 9.36. The molecule has 0 aliphatic carbocycles. The Morgan fingerprint density at radius 1 is 1.15 bits per heavy atom. The van der Waals surface area contributed by atoms with Crippen molar-refractivity contribution >= 4 is 11.8 Å². The maximum absolute atomic E-state index is 12.6. The van der Waals surface area contributed by atoms with Gasteiger partial charge in [-0.1, -0.05) is 53.4 Å². The number of hydrogen-bond donors (Lipinski definition) is 1. The molecule has 0 aromatic rings. The zero-order chi connectivity index (χ0) is 15.2. The Kier molecular flexibility index (Phi) is 6.50. The average molecular weight is 282 g/mol. The van der Waals surface area contributed by atoms with Crippen molar-refractivity contribution < 1.29 is 9.59 Å². The first-order valence-corrected chi connectivity index (χ1v) is 7.94. The number of hydrogen-bond acceptors (Lipinski definition) is 2. The quantitative estimate of drug-likeness (QED) is 0.762. The van der Waals surface area contributed by atoms with Crippen LogP contribution in [0.2, 0.25) is 0 Å². The second-order valence-electron chi connectivity index (χ2n) is 6.86. The predicted octanol–water partition coefficient (Wildman–Crippen LogP) is 2.72. The average Bonchev–Trinajstić information content (AvgIpc) is 2.50. The lowest BCUT2D eigenvalue weighted by molar-refractivity contribution is -0.136. The summed E-state index contributed by atoms with van der Waals surface area (Å²) in [7, 11) is 0. The number of amides is 2. The molecule has 116 valence electrons. The van der Waals surface area contributed by atoms with E-state index >= 15 is 0 Å². The highest BCUT2D eigenvalue weighted by atomic mass is 16.2. The van der Waals surface area contributed by atoms with E-state index in [0.717, 1.165) is 13.0 Å². The van der Waals surface area contributed by atoms with Crippen molar-refractivity contribution in [1.82, 2.24) is 10.2 Å². The molecule has 0 spiro atoms. The molecule has 20 heavy (non-hydrogen) atoms. The fourth-order valence-electron chi connectivity index (χ4n) is 2.54. The minimum Gasteiger partial charge on any atom is -0.344 e. The lowest BCUT2D eigenvalue weighted by atomic mass is 9.86. The largest absolute Gasteiger partial charge is 0.344 e. The van der Waals surface area contributed by atoms with Crippen molar-refractivity contribution in [1.29, 1.82) is 0 Å². The van der Waals surface area contributed by atoms with E-state index in [1.165, 1.54) is 25.7 Å². The third-order valence-electron chi connectivity index (χ3n) is 3.87. The highest BCUT2D eigenvalue weighted by Gasteiger charge is 2.37. The summed E-state index contributed by atoms with van der Waals surface area (Å²) in [6.45, 7) is 9.54. The van der Waals surface area contributed by atoms with Crippen LogP contribution >= 0.6 is 0 Å². The number of rotatable bonds is 6. The second kappa shape index (κ2) is 7.65. The standard InChI is InChI=1S/C16H30N2O2/c1-5-6-7-8-9-11-18-12-10-13(19)17-14(15(18)20)16(2,3)4/h14H,5-12H2,1-4H3,(H,17,19). The molecule has 4 heteroatoms. The van der Waals surface area contributed by atoms with Crippen molar-refractivity contribution in [3.05, 3.63) is 0 Å². The Morgan fingerprint density at radius 3 is 2.40 bits per heavy atom. The van der Waals surface area contributed by atoms with E-state index in [1.807, 2.05) is 25.7 Å². The van der Waals surface area contributed by atoms with Gasteiger partial charge in [0.25, 0.3) is 0 Å². The maximum atomic E-state index is 12.6. The summed E-state index contributed by atoms with van der Waals surface area (Å²) in [5, 5.41) is 2.88. The smallest absolute Gasteiger partial charge is 0.245 e. The van der Waals surface area contributed by atoms with Crippen LogP contribution in [0.15, 0.2) is 0 Å². The summed E-state index contributed by atoms with van der Waals surface area (Å²) in [4.78, 5) is 26.2. The van der Waals surface area contributed by atoms with Crippen LogP contribution in [-0.4, -0.2) is 35.8 Å². The number of carbonyl (C=O) groups is 2. The summed E-state index contributed by atoms with van der Waals surface area (Å²) < 4.78 is 0. The third kappa shape index (κ3) is 5.14. The summed E-state index contributed by atoms with van der Waals surface area (Å²) in [5.41, 5.74) is -0.239. The van der Waals surface area contributed by atoms with Gasteiger partial charge in [-0.05, 0) is 11.8 Å². The minimum atomic E-state index is -0.395. The van der Waals surface area contributed by atoms with Gasteiger partial charge in [-0.25, -0.2) is 0 Å². The van der Waals surface area contributed by atoms with Crippen LogP contribution < -0.4 is 5.32 Å². The fraction of sp³-hybridized carbons (Fsp3) is 0.875. The highest BCUT2D eigenvalue weighted by molar-refractivity contribution is 5.90. The number of nitrogens with one attached hydrogen (secondary N) is 1. The maximum Gasteiger partial charge on any atom is 0.245 e. The summed E-state index contributed by atoms with van der Waals surface area (Å²) in [5.74, 6) is 0.0746. The van der Waals surface area contributed by atoms with Crippen LogP contribution in [0.4, 0.5) is 0 Å². The normalized spacial score (nSPS) is 20.8. The van der Waals surface area contributed by atoms with Crippen molar-refractivity contribution in [3.63, 3.8) is 0 Å². The molecule has 4 nitrogen and oxygen atoms in total. The van der Waals surface area contributed by atoms with Crippen molar-refractivity contribution in [2.45, 2.75) is 72.3 Å². The molecule has 1 unspecified atom stereocenters. The molecule has 1 aliphatic rings. The van der Waals surface area contributed by atoms with E-state index in [0.29, 0.717) is 13.0 Å². The molecule has 0 aromatic carbocycles. The topological polar surface area (TPSA) is 49.4 Å². The van der Waals surface area contributed by atoms with Gasteiger partial charge in [-0.2, -0.15) is 0 Å². The SMILES string of the molecule is CCCCCCCN1CCC(=O)NC(C(C)(C)C)C1=O. The second-order valence-corrected chi connectivity index (χ2v) is 6.86. The molecule has 2 amide bonds. The fourth-order valence-corrected chi connectivity index (χ4v) is 2.54. The van der Waals surface area contributed by atoms with Gasteiger partial charge in [-0.3, -0.25) is 9.59 Å². The summed E-state index contributed by atoms with van der Waals surface area (Å²) >= 11 is 0. The van der Waals surface area contributed by atoms with Crippen LogP contribution in [0.5, 0.6) is 0 Å². The molecule has 1 rings (SSSR count). The number of nitrogens with zero attached hydrogens (tertiary/aromatic N) is 1. The van der Waals surface area contributed by atoms with Gasteiger partial charge in [0.1, 0.15) is 6.04 Å². The predicted molar refractivity (Wildman–Crippen MR) is 81.3 cm³/mol. The van der Waals surface area contributed by atoms with Gasteiger partial charge in [0.2, 0.25) is 11.8 Å². The van der Waals surface area contributed by atoms with Gasteiger partial charge >= 0.3 is 0 Å².